The maximum Gasteiger partial charge on any atom is 0.286 e. The summed E-state index contributed by atoms with van der Waals surface area (Å²) < 4.78 is 0. The zero-order valence-electron chi connectivity index (χ0n) is 11.4. The van der Waals surface area contributed by atoms with Crippen LogP contribution in [0.2, 0.25) is 0 Å². The van der Waals surface area contributed by atoms with Crippen LogP contribution in [0.4, 0.5) is 0 Å². The van der Waals surface area contributed by atoms with Gasteiger partial charge < -0.3 is 0 Å². The Morgan fingerprint density at radius 2 is 1.74 bits per heavy atom. The second kappa shape index (κ2) is 3.72. The summed E-state index contributed by atoms with van der Waals surface area (Å²) in [5.41, 5.74) is 3.74. The van der Waals surface area contributed by atoms with Crippen LogP contribution < -0.4 is 11.3 Å². The molecule has 5 aliphatic rings. The molecular weight excluding hydrogens is 240 g/mol. The van der Waals surface area contributed by atoms with Gasteiger partial charge >= 0.3 is 0 Å². The van der Waals surface area contributed by atoms with E-state index in [9.17, 15) is 4.79 Å². The highest BCUT2D eigenvalue weighted by molar-refractivity contribution is 6.41. The Labute approximate surface area is 113 Å². The van der Waals surface area contributed by atoms with Crippen molar-refractivity contribution >= 4 is 11.6 Å². The molecule has 1 heterocycles. The molecular formula is C14H22N4O. The fourth-order valence-corrected chi connectivity index (χ4v) is 5.31. The molecule has 104 valence electrons. The Morgan fingerprint density at radius 3 is 2.26 bits per heavy atom. The first-order chi connectivity index (χ1) is 9.07. The molecule has 0 aromatic carbocycles. The SMILES string of the molecule is CC1NN=C(C23CC4CC(CC(C4)C2)C3)C(=O)N1N. The zero-order valence-corrected chi connectivity index (χ0v) is 11.4. The van der Waals surface area contributed by atoms with Gasteiger partial charge in [0.25, 0.3) is 5.91 Å². The maximum atomic E-state index is 12.5. The highest BCUT2D eigenvalue weighted by Crippen LogP contribution is 2.60. The monoisotopic (exact) mass is 262 g/mol. The predicted molar refractivity (Wildman–Crippen MR) is 71.7 cm³/mol. The lowest BCUT2D eigenvalue weighted by Gasteiger charge is -2.57. The Bertz CT molecular complexity index is 423. The molecule has 1 aliphatic heterocycles. The van der Waals surface area contributed by atoms with Crippen LogP contribution in [0.1, 0.15) is 45.4 Å². The summed E-state index contributed by atoms with van der Waals surface area (Å²) in [6.45, 7) is 1.86. The molecule has 4 fully saturated rings. The fourth-order valence-electron chi connectivity index (χ4n) is 5.31. The summed E-state index contributed by atoms with van der Waals surface area (Å²) in [5, 5.41) is 5.73. The number of carbonyl (C=O) groups is 1. The topological polar surface area (TPSA) is 70.7 Å². The number of nitrogens with zero attached hydrogens (tertiary/aromatic N) is 2. The van der Waals surface area contributed by atoms with Crippen LogP contribution in [0, 0.1) is 23.2 Å². The van der Waals surface area contributed by atoms with E-state index in [1.165, 1.54) is 24.3 Å². The van der Waals surface area contributed by atoms with E-state index in [4.69, 9.17) is 5.84 Å². The standard InChI is InChI=1S/C14H22N4O/c1-8-16-17-12(13(19)18(8)15)14-5-9-2-10(6-14)4-11(3-9)7-14/h8-11,16H,2-7,15H2,1H3. The van der Waals surface area contributed by atoms with Gasteiger partial charge in [0.1, 0.15) is 11.9 Å². The van der Waals surface area contributed by atoms with Crippen LogP contribution in [-0.2, 0) is 4.79 Å². The zero-order chi connectivity index (χ0) is 13.2. The third kappa shape index (κ3) is 1.57. The maximum absolute atomic E-state index is 12.5. The third-order valence-electron chi connectivity index (χ3n) is 5.76. The molecule has 0 saturated heterocycles. The van der Waals surface area contributed by atoms with E-state index < -0.39 is 0 Å². The van der Waals surface area contributed by atoms with Crippen LogP contribution in [-0.4, -0.2) is 22.8 Å². The van der Waals surface area contributed by atoms with Crippen LogP contribution >= 0.6 is 0 Å². The number of nitrogens with two attached hydrogens (primary N) is 1. The van der Waals surface area contributed by atoms with Gasteiger partial charge in [0.15, 0.2) is 0 Å². The molecule has 3 N–H and O–H groups in total. The molecule has 4 aliphatic carbocycles. The predicted octanol–water partition coefficient (Wildman–Crippen LogP) is 1.21. The van der Waals surface area contributed by atoms with E-state index >= 15 is 0 Å². The second-order valence-corrected chi connectivity index (χ2v) is 7.18. The van der Waals surface area contributed by atoms with Crippen molar-refractivity contribution in [1.82, 2.24) is 10.4 Å². The quantitative estimate of drug-likeness (QED) is 0.551. The molecule has 19 heavy (non-hydrogen) atoms. The number of hydrazone groups is 1. The van der Waals surface area contributed by atoms with Gasteiger partial charge in [-0.2, -0.15) is 5.10 Å². The van der Waals surface area contributed by atoms with Crippen LogP contribution in [0.15, 0.2) is 5.10 Å². The van der Waals surface area contributed by atoms with E-state index in [0.29, 0.717) is 5.71 Å². The van der Waals surface area contributed by atoms with Gasteiger partial charge in [0, 0.05) is 5.41 Å². The fraction of sp³-hybridized carbons (Fsp3) is 0.857. The van der Waals surface area contributed by atoms with Crippen LogP contribution in [0.5, 0.6) is 0 Å². The van der Waals surface area contributed by atoms with Gasteiger partial charge in [-0.1, -0.05) is 0 Å². The van der Waals surface area contributed by atoms with E-state index in [-0.39, 0.29) is 17.5 Å². The smallest absolute Gasteiger partial charge is 0.286 e. The van der Waals surface area contributed by atoms with Crippen molar-refractivity contribution < 1.29 is 4.79 Å². The van der Waals surface area contributed by atoms with Crippen LogP contribution in [0.3, 0.4) is 0 Å². The summed E-state index contributed by atoms with van der Waals surface area (Å²) >= 11 is 0. The summed E-state index contributed by atoms with van der Waals surface area (Å²) in [7, 11) is 0. The summed E-state index contributed by atoms with van der Waals surface area (Å²) in [6, 6.07) is 0. The van der Waals surface area contributed by atoms with Gasteiger partial charge in [0.05, 0.1) is 0 Å². The minimum atomic E-state index is -0.204. The normalized spacial score (nSPS) is 48.2. The van der Waals surface area contributed by atoms with Gasteiger partial charge in [-0.25, -0.2) is 5.84 Å². The number of hydrazine groups is 1. The minimum absolute atomic E-state index is 0.0244. The van der Waals surface area contributed by atoms with Gasteiger partial charge in [-0.3, -0.25) is 15.2 Å². The Hall–Kier alpha value is -1.10. The highest BCUT2D eigenvalue weighted by atomic mass is 16.2. The second-order valence-electron chi connectivity index (χ2n) is 7.18. The number of carbonyl (C=O) groups excluding carboxylic acids is 1. The summed E-state index contributed by atoms with van der Waals surface area (Å²) in [6.07, 6.45) is 7.35. The Balaban J connectivity index is 1.70. The molecule has 0 aromatic rings. The van der Waals surface area contributed by atoms with Crippen molar-refractivity contribution in [3.05, 3.63) is 0 Å². The molecule has 1 unspecified atom stereocenters. The van der Waals surface area contributed by atoms with Crippen LogP contribution in [0.25, 0.3) is 0 Å². The largest absolute Gasteiger partial charge is 0.286 e. The first-order valence-electron chi connectivity index (χ1n) is 7.49. The van der Waals surface area contributed by atoms with Crippen molar-refractivity contribution in [3.8, 4) is 0 Å². The molecule has 5 nitrogen and oxygen atoms in total. The third-order valence-corrected chi connectivity index (χ3v) is 5.76. The lowest BCUT2D eigenvalue weighted by molar-refractivity contribution is -0.129. The number of hydrogen-bond donors (Lipinski definition) is 2. The van der Waals surface area contributed by atoms with Crippen molar-refractivity contribution in [2.45, 2.75) is 51.6 Å². The highest BCUT2D eigenvalue weighted by Gasteiger charge is 2.55. The Kier molecular flexibility index (Phi) is 2.29. The molecule has 1 amide bonds. The van der Waals surface area contributed by atoms with Gasteiger partial charge in [-0.15, -0.1) is 0 Å². The molecule has 5 rings (SSSR count). The number of nitrogens with one attached hydrogen (secondary N) is 1. The number of amides is 1. The molecule has 5 heteroatoms. The molecule has 0 radical (unpaired) electrons. The number of rotatable bonds is 1. The Morgan fingerprint density at radius 1 is 1.21 bits per heavy atom. The van der Waals surface area contributed by atoms with Crippen molar-refractivity contribution in [3.63, 3.8) is 0 Å². The van der Waals surface area contributed by atoms with Crippen molar-refractivity contribution in [2.75, 3.05) is 0 Å². The minimum Gasteiger partial charge on any atom is -0.286 e. The van der Waals surface area contributed by atoms with E-state index in [2.05, 4.69) is 10.5 Å². The van der Waals surface area contributed by atoms with Crippen molar-refractivity contribution in [1.29, 1.82) is 0 Å². The van der Waals surface area contributed by atoms with E-state index in [0.717, 1.165) is 37.0 Å². The van der Waals surface area contributed by atoms with Crippen molar-refractivity contribution in [2.24, 2.45) is 34.1 Å². The molecule has 0 aromatic heterocycles. The lowest BCUT2D eigenvalue weighted by Crippen LogP contribution is -2.62. The summed E-state index contributed by atoms with van der Waals surface area (Å²) in [4.78, 5) is 12.5. The summed E-state index contributed by atoms with van der Waals surface area (Å²) in [5.74, 6) is 8.25. The first-order valence-corrected chi connectivity index (χ1v) is 7.49. The number of hydrogen-bond acceptors (Lipinski definition) is 4. The van der Waals surface area contributed by atoms with E-state index in [1.807, 2.05) is 6.92 Å². The average Bonchev–Trinajstić information content (AvgIpc) is 2.34. The molecule has 4 bridgehead atoms. The van der Waals surface area contributed by atoms with Gasteiger partial charge in [-0.05, 0) is 63.2 Å². The van der Waals surface area contributed by atoms with E-state index in [1.54, 1.807) is 0 Å². The first kappa shape index (κ1) is 11.7. The lowest BCUT2D eigenvalue weighted by atomic mass is 9.48. The molecule has 4 saturated carbocycles. The molecule has 0 spiro atoms. The molecule has 1 atom stereocenters. The average molecular weight is 262 g/mol. The van der Waals surface area contributed by atoms with Gasteiger partial charge in [0.2, 0.25) is 0 Å².